The van der Waals surface area contributed by atoms with Crippen LogP contribution in [0, 0.1) is 10.1 Å². The summed E-state index contributed by atoms with van der Waals surface area (Å²) >= 11 is 0. The number of benzene rings is 2. The lowest BCUT2D eigenvalue weighted by atomic mass is 9.93. The van der Waals surface area contributed by atoms with Crippen molar-refractivity contribution in [2.45, 2.75) is 13.0 Å². The maximum atomic E-state index is 13.6. The summed E-state index contributed by atoms with van der Waals surface area (Å²) in [5, 5.41) is 22.6. The molecule has 12 heteroatoms. The number of hydrogen-bond acceptors (Lipinski definition) is 9. The smallest absolute Gasteiger partial charge is 0.275 e. The molecule has 0 spiro atoms. The maximum Gasteiger partial charge on any atom is 0.275 e. The van der Waals surface area contributed by atoms with Crippen LogP contribution in [0.4, 0.5) is 17.3 Å². The van der Waals surface area contributed by atoms with E-state index in [1.165, 1.54) is 31.2 Å². The summed E-state index contributed by atoms with van der Waals surface area (Å²) < 4.78 is 12.2. The van der Waals surface area contributed by atoms with Gasteiger partial charge in [-0.2, -0.15) is 4.98 Å². The molecule has 2 aromatic carbocycles. The van der Waals surface area contributed by atoms with Crippen molar-refractivity contribution in [2.75, 3.05) is 24.9 Å². The number of nitro benzene ring substituents is 1. The molecule has 1 atom stereocenters. The lowest BCUT2D eigenvalue weighted by Gasteiger charge is -2.28. The predicted molar refractivity (Wildman–Crippen MR) is 139 cm³/mol. The number of anilines is 2. The Hall–Kier alpha value is -5.26. The fourth-order valence-electron chi connectivity index (χ4n) is 4.31. The molecule has 12 nitrogen and oxygen atoms in total. The van der Waals surface area contributed by atoms with Gasteiger partial charge in [0.25, 0.3) is 11.6 Å². The van der Waals surface area contributed by atoms with E-state index in [9.17, 15) is 14.9 Å². The minimum absolute atomic E-state index is 0.148. The first-order valence-corrected chi connectivity index (χ1v) is 11.5. The summed E-state index contributed by atoms with van der Waals surface area (Å²) in [6, 6.07) is 13.9. The van der Waals surface area contributed by atoms with Crippen LogP contribution in [-0.2, 0) is 4.79 Å². The number of nitrogens with zero attached hydrogens (tertiary/aromatic N) is 5. The number of methoxy groups -OCH3 is 2. The number of pyridine rings is 1. The molecule has 1 aliphatic rings. The number of aromatic nitrogens is 4. The Labute approximate surface area is 217 Å². The third kappa shape index (κ3) is 4.50. The van der Waals surface area contributed by atoms with E-state index >= 15 is 0 Å². The summed E-state index contributed by atoms with van der Waals surface area (Å²) in [6.45, 7) is 1.71. The van der Waals surface area contributed by atoms with Crippen molar-refractivity contribution < 1.29 is 19.2 Å². The van der Waals surface area contributed by atoms with Gasteiger partial charge in [0.1, 0.15) is 17.5 Å². The van der Waals surface area contributed by atoms with Crippen LogP contribution in [0.1, 0.15) is 18.5 Å². The molecule has 0 bridgehead atoms. The van der Waals surface area contributed by atoms with Crippen LogP contribution >= 0.6 is 0 Å². The monoisotopic (exact) mass is 513 g/mol. The quantitative estimate of drug-likeness (QED) is 0.274. The number of hydrogen-bond donors (Lipinski definition) is 2. The number of nitro groups is 1. The highest BCUT2D eigenvalue weighted by atomic mass is 16.6. The molecule has 0 saturated carbocycles. The van der Waals surface area contributed by atoms with Crippen molar-refractivity contribution in [3.05, 3.63) is 93.9 Å². The van der Waals surface area contributed by atoms with Gasteiger partial charge >= 0.3 is 0 Å². The second-order valence-corrected chi connectivity index (χ2v) is 8.38. The van der Waals surface area contributed by atoms with Crippen molar-refractivity contribution >= 4 is 23.2 Å². The molecule has 0 saturated heterocycles. The van der Waals surface area contributed by atoms with Gasteiger partial charge in [-0.1, -0.05) is 12.1 Å². The highest BCUT2D eigenvalue weighted by molar-refractivity contribution is 6.06. The number of nitrogens with one attached hydrogen (secondary N) is 2. The van der Waals surface area contributed by atoms with Crippen molar-refractivity contribution in [1.29, 1.82) is 0 Å². The minimum atomic E-state index is -0.946. The van der Waals surface area contributed by atoms with Crippen molar-refractivity contribution in [3.8, 4) is 22.9 Å². The standard InChI is InChI=1S/C26H23N7O5/c1-15-22(25(34)29-17-7-6-10-27-14-17)23(20-8-4-5-9-21(20)33(35)36)32-26(28-15)30-24(31-32)16-11-18(37-2)13-19(12-16)38-3/h4-14,23H,1-3H3,(H,29,34)(H,28,30,31). The van der Waals surface area contributed by atoms with Crippen LogP contribution in [-0.4, -0.2) is 44.8 Å². The minimum Gasteiger partial charge on any atom is -0.497 e. The van der Waals surface area contributed by atoms with Gasteiger partial charge in [0.2, 0.25) is 5.95 Å². The fraction of sp³-hybridized carbons (Fsp3) is 0.154. The molecule has 1 unspecified atom stereocenters. The van der Waals surface area contributed by atoms with E-state index in [0.717, 1.165) is 0 Å². The van der Waals surface area contributed by atoms with Crippen LogP contribution in [0.15, 0.2) is 78.3 Å². The van der Waals surface area contributed by atoms with E-state index in [4.69, 9.17) is 9.47 Å². The van der Waals surface area contributed by atoms with Gasteiger partial charge in [-0.15, -0.1) is 5.10 Å². The van der Waals surface area contributed by atoms with E-state index in [2.05, 4.69) is 25.7 Å². The Morgan fingerprint density at radius 3 is 2.50 bits per heavy atom. The van der Waals surface area contributed by atoms with E-state index in [1.54, 1.807) is 61.7 Å². The summed E-state index contributed by atoms with van der Waals surface area (Å²) in [4.78, 5) is 33.8. The number of ether oxygens (including phenoxy) is 2. The molecule has 0 fully saturated rings. The van der Waals surface area contributed by atoms with Crippen molar-refractivity contribution in [1.82, 2.24) is 19.7 Å². The average molecular weight is 514 g/mol. The first kappa shape index (κ1) is 24.4. The number of fused-ring (bicyclic) bond motifs is 1. The van der Waals surface area contributed by atoms with Gasteiger partial charge in [0.05, 0.1) is 42.2 Å². The molecule has 2 N–H and O–H groups in total. The first-order valence-electron chi connectivity index (χ1n) is 11.5. The molecular formula is C26H23N7O5. The topological polar surface area (TPSA) is 146 Å². The largest absolute Gasteiger partial charge is 0.497 e. The van der Waals surface area contributed by atoms with Crippen LogP contribution in [0.3, 0.4) is 0 Å². The Bertz CT molecular complexity index is 1540. The molecule has 0 radical (unpaired) electrons. The van der Waals surface area contributed by atoms with Gasteiger partial charge in [-0.05, 0) is 37.3 Å². The lowest BCUT2D eigenvalue weighted by molar-refractivity contribution is -0.385. The zero-order chi connectivity index (χ0) is 26.8. The third-order valence-corrected chi connectivity index (χ3v) is 6.05. The normalized spacial score (nSPS) is 14.3. The molecular weight excluding hydrogens is 490 g/mol. The molecule has 1 amide bonds. The van der Waals surface area contributed by atoms with Gasteiger partial charge < -0.3 is 20.1 Å². The second-order valence-electron chi connectivity index (χ2n) is 8.38. The molecule has 192 valence electrons. The SMILES string of the molecule is COc1cc(OC)cc(-c2nc3n(n2)C(c2ccccc2[N+](=O)[O-])C(C(=O)Nc2cccnc2)=C(C)N3)c1. The summed E-state index contributed by atoms with van der Waals surface area (Å²) in [7, 11) is 3.08. The van der Waals surface area contributed by atoms with E-state index in [1.807, 2.05) is 0 Å². The molecule has 0 aliphatic carbocycles. The Morgan fingerprint density at radius 2 is 1.84 bits per heavy atom. The second kappa shape index (κ2) is 10.0. The highest BCUT2D eigenvalue weighted by Gasteiger charge is 2.38. The summed E-state index contributed by atoms with van der Waals surface area (Å²) in [5.41, 5.74) is 1.94. The molecule has 3 heterocycles. The van der Waals surface area contributed by atoms with Gasteiger partial charge in [0, 0.05) is 29.6 Å². The van der Waals surface area contributed by atoms with E-state index in [-0.39, 0.29) is 16.8 Å². The molecule has 5 rings (SSSR count). The number of carbonyl (C=O) groups is 1. The van der Waals surface area contributed by atoms with Gasteiger partial charge in [0.15, 0.2) is 5.82 Å². The molecule has 2 aromatic heterocycles. The number of carbonyl (C=O) groups excluding carboxylic acids is 1. The fourth-order valence-corrected chi connectivity index (χ4v) is 4.31. The maximum absolute atomic E-state index is 13.6. The van der Waals surface area contributed by atoms with Crippen LogP contribution in [0.25, 0.3) is 11.4 Å². The summed E-state index contributed by atoms with van der Waals surface area (Å²) in [6.07, 6.45) is 3.11. The lowest BCUT2D eigenvalue weighted by Crippen LogP contribution is -2.32. The number of para-hydroxylation sites is 1. The zero-order valence-electron chi connectivity index (χ0n) is 20.7. The van der Waals surface area contributed by atoms with E-state index in [0.29, 0.717) is 40.2 Å². The number of rotatable bonds is 7. The predicted octanol–water partition coefficient (Wildman–Crippen LogP) is 4.19. The van der Waals surface area contributed by atoms with Crippen LogP contribution in [0.2, 0.25) is 0 Å². The Balaban J connectivity index is 1.67. The van der Waals surface area contributed by atoms with Crippen molar-refractivity contribution in [3.63, 3.8) is 0 Å². The van der Waals surface area contributed by atoms with Gasteiger partial charge in [-0.3, -0.25) is 19.9 Å². The Morgan fingerprint density at radius 1 is 1.11 bits per heavy atom. The molecule has 38 heavy (non-hydrogen) atoms. The highest BCUT2D eigenvalue weighted by Crippen LogP contribution is 2.40. The Kier molecular flexibility index (Phi) is 6.44. The first-order chi connectivity index (χ1) is 18.4. The molecule has 1 aliphatic heterocycles. The van der Waals surface area contributed by atoms with Gasteiger partial charge in [-0.25, -0.2) is 4.68 Å². The van der Waals surface area contributed by atoms with Crippen molar-refractivity contribution in [2.24, 2.45) is 0 Å². The van der Waals surface area contributed by atoms with Crippen LogP contribution in [0.5, 0.6) is 11.5 Å². The average Bonchev–Trinajstić information content (AvgIpc) is 3.36. The molecule has 4 aromatic rings. The van der Waals surface area contributed by atoms with E-state index < -0.39 is 16.9 Å². The zero-order valence-corrected chi connectivity index (χ0v) is 20.7. The summed E-state index contributed by atoms with van der Waals surface area (Å²) in [5.74, 6) is 1.26. The number of allylic oxidation sites excluding steroid dienone is 1. The third-order valence-electron chi connectivity index (χ3n) is 6.05. The number of amides is 1. The van der Waals surface area contributed by atoms with Crippen LogP contribution < -0.4 is 20.1 Å².